The zero-order valence-electron chi connectivity index (χ0n) is 13.4. The highest BCUT2D eigenvalue weighted by atomic mass is 16.5. The molecule has 1 N–H and O–H groups in total. The van der Waals surface area contributed by atoms with Crippen LogP contribution in [0.2, 0.25) is 0 Å². The number of amides is 2. The maximum Gasteiger partial charge on any atom is 0.244 e. The molecular formula is C18H17N3O3. The Labute approximate surface area is 140 Å². The van der Waals surface area contributed by atoms with Gasteiger partial charge < -0.3 is 15.0 Å². The number of nitrogens with zero attached hydrogens (tertiary/aromatic N) is 2. The predicted octanol–water partition coefficient (Wildman–Crippen LogP) is 2.56. The summed E-state index contributed by atoms with van der Waals surface area (Å²) >= 11 is 0. The largest absolute Gasteiger partial charge is 0.497 e. The number of methoxy groups -OCH3 is 1. The van der Waals surface area contributed by atoms with E-state index in [-0.39, 0.29) is 18.4 Å². The Balaban J connectivity index is 2.10. The molecule has 24 heavy (non-hydrogen) atoms. The summed E-state index contributed by atoms with van der Waals surface area (Å²) in [6, 6.07) is 15.5. The number of carbonyl (C=O) groups excluding carboxylic acids is 2. The first-order chi connectivity index (χ1) is 11.5. The van der Waals surface area contributed by atoms with Gasteiger partial charge >= 0.3 is 0 Å². The highest BCUT2D eigenvalue weighted by Crippen LogP contribution is 2.18. The van der Waals surface area contributed by atoms with Crippen LogP contribution in [-0.2, 0) is 9.59 Å². The second-order valence-electron chi connectivity index (χ2n) is 5.04. The van der Waals surface area contributed by atoms with Crippen molar-refractivity contribution in [3.63, 3.8) is 0 Å². The molecule has 2 aromatic carbocycles. The molecule has 122 valence electrons. The van der Waals surface area contributed by atoms with Gasteiger partial charge in [0.2, 0.25) is 11.8 Å². The van der Waals surface area contributed by atoms with Crippen LogP contribution in [0.3, 0.4) is 0 Å². The molecule has 0 heterocycles. The highest BCUT2D eigenvalue weighted by Gasteiger charge is 2.16. The molecule has 0 spiro atoms. The standard InChI is InChI=1S/C18H17N3O3/c1-13(22)21(16-8-6-14(11-19)7-9-16)12-18(23)20-15-4-3-5-17(10-15)24-2/h3-10H,12H2,1-2H3,(H,20,23). The van der Waals surface area contributed by atoms with Gasteiger partial charge in [-0.3, -0.25) is 9.59 Å². The van der Waals surface area contributed by atoms with E-state index in [4.69, 9.17) is 10.00 Å². The molecule has 2 aromatic rings. The minimum absolute atomic E-state index is 0.127. The number of anilines is 2. The minimum atomic E-state index is -0.331. The van der Waals surface area contributed by atoms with Crippen LogP contribution in [0.15, 0.2) is 48.5 Å². The number of ether oxygens (including phenoxy) is 1. The van der Waals surface area contributed by atoms with Crippen molar-refractivity contribution in [2.24, 2.45) is 0 Å². The average molecular weight is 323 g/mol. The zero-order chi connectivity index (χ0) is 17.5. The number of hydrogen-bond donors (Lipinski definition) is 1. The van der Waals surface area contributed by atoms with Crippen LogP contribution in [-0.4, -0.2) is 25.5 Å². The summed E-state index contributed by atoms with van der Waals surface area (Å²) in [6.07, 6.45) is 0. The van der Waals surface area contributed by atoms with E-state index < -0.39 is 0 Å². The lowest BCUT2D eigenvalue weighted by Crippen LogP contribution is -2.36. The number of rotatable bonds is 5. The Morgan fingerprint density at radius 3 is 2.50 bits per heavy atom. The molecular weight excluding hydrogens is 306 g/mol. The van der Waals surface area contributed by atoms with Crippen LogP contribution in [0.1, 0.15) is 12.5 Å². The minimum Gasteiger partial charge on any atom is -0.497 e. The number of benzene rings is 2. The molecule has 0 radical (unpaired) electrons. The number of carbonyl (C=O) groups is 2. The van der Waals surface area contributed by atoms with Crippen molar-refractivity contribution < 1.29 is 14.3 Å². The molecule has 6 nitrogen and oxygen atoms in total. The molecule has 0 unspecified atom stereocenters. The van der Waals surface area contributed by atoms with E-state index in [9.17, 15) is 9.59 Å². The molecule has 0 fully saturated rings. The quantitative estimate of drug-likeness (QED) is 0.916. The van der Waals surface area contributed by atoms with E-state index in [0.717, 1.165) is 0 Å². The molecule has 0 aliphatic rings. The summed E-state index contributed by atoms with van der Waals surface area (Å²) in [7, 11) is 1.54. The average Bonchev–Trinajstić information content (AvgIpc) is 2.59. The molecule has 0 saturated heterocycles. The van der Waals surface area contributed by atoms with Crippen molar-refractivity contribution in [1.29, 1.82) is 5.26 Å². The smallest absolute Gasteiger partial charge is 0.244 e. The third kappa shape index (κ3) is 4.34. The van der Waals surface area contributed by atoms with Crippen LogP contribution in [0.25, 0.3) is 0 Å². The van der Waals surface area contributed by atoms with E-state index >= 15 is 0 Å². The highest BCUT2D eigenvalue weighted by molar-refractivity contribution is 6.01. The van der Waals surface area contributed by atoms with Crippen LogP contribution < -0.4 is 15.0 Å². The maximum absolute atomic E-state index is 12.2. The van der Waals surface area contributed by atoms with Gasteiger partial charge in [0.05, 0.1) is 18.7 Å². The molecule has 2 amide bonds. The van der Waals surface area contributed by atoms with E-state index in [1.165, 1.54) is 11.8 Å². The molecule has 0 aliphatic carbocycles. The first-order valence-corrected chi connectivity index (χ1v) is 7.25. The van der Waals surface area contributed by atoms with Crippen molar-refractivity contribution in [3.05, 3.63) is 54.1 Å². The summed E-state index contributed by atoms with van der Waals surface area (Å²) in [5.74, 6) is 0.0339. The van der Waals surface area contributed by atoms with Crippen molar-refractivity contribution in [1.82, 2.24) is 0 Å². The maximum atomic E-state index is 12.2. The number of nitriles is 1. The Hall–Kier alpha value is -3.33. The van der Waals surface area contributed by atoms with Crippen LogP contribution in [0, 0.1) is 11.3 Å². The Bertz CT molecular complexity index is 779. The molecule has 0 atom stereocenters. The molecule has 2 rings (SSSR count). The van der Waals surface area contributed by atoms with Gasteiger partial charge in [-0.2, -0.15) is 5.26 Å². The van der Waals surface area contributed by atoms with Crippen molar-refractivity contribution in [2.75, 3.05) is 23.9 Å². The van der Waals surface area contributed by atoms with Gasteiger partial charge in [0.1, 0.15) is 12.3 Å². The fourth-order valence-corrected chi connectivity index (χ4v) is 2.15. The third-order valence-electron chi connectivity index (χ3n) is 3.34. The summed E-state index contributed by atoms with van der Waals surface area (Å²) in [4.78, 5) is 25.4. The van der Waals surface area contributed by atoms with Gasteiger partial charge in [0.15, 0.2) is 0 Å². The third-order valence-corrected chi connectivity index (χ3v) is 3.34. The second-order valence-corrected chi connectivity index (χ2v) is 5.04. The molecule has 0 bridgehead atoms. The van der Waals surface area contributed by atoms with Gasteiger partial charge in [0.25, 0.3) is 0 Å². The lowest BCUT2D eigenvalue weighted by molar-refractivity contribution is -0.120. The summed E-state index contributed by atoms with van der Waals surface area (Å²) in [5, 5.41) is 11.6. The van der Waals surface area contributed by atoms with Gasteiger partial charge in [-0.25, -0.2) is 0 Å². The number of hydrogen-bond acceptors (Lipinski definition) is 4. The van der Waals surface area contributed by atoms with Crippen LogP contribution in [0.4, 0.5) is 11.4 Å². The van der Waals surface area contributed by atoms with Gasteiger partial charge in [-0.15, -0.1) is 0 Å². The summed E-state index contributed by atoms with van der Waals surface area (Å²) in [6.45, 7) is 1.26. The second kappa shape index (κ2) is 7.79. The summed E-state index contributed by atoms with van der Waals surface area (Å²) in [5.41, 5.74) is 1.63. The fraction of sp³-hybridized carbons (Fsp3) is 0.167. The van der Waals surface area contributed by atoms with Crippen molar-refractivity contribution >= 4 is 23.2 Å². The van der Waals surface area contributed by atoms with Crippen LogP contribution >= 0.6 is 0 Å². The van der Waals surface area contributed by atoms with E-state index in [0.29, 0.717) is 22.7 Å². The van der Waals surface area contributed by atoms with Crippen molar-refractivity contribution in [2.45, 2.75) is 6.92 Å². The molecule has 0 aliphatic heterocycles. The Kier molecular flexibility index (Phi) is 5.53. The molecule has 0 saturated carbocycles. The van der Waals surface area contributed by atoms with Gasteiger partial charge in [-0.05, 0) is 36.4 Å². The summed E-state index contributed by atoms with van der Waals surface area (Å²) < 4.78 is 5.10. The molecule has 6 heteroatoms. The topological polar surface area (TPSA) is 82.4 Å². The number of nitrogens with one attached hydrogen (secondary N) is 1. The van der Waals surface area contributed by atoms with Crippen LogP contribution in [0.5, 0.6) is 5.75 Å². The monoisotopic (exact) mass is 323 g/mol. The van der Waals surface area contributed by atoms with E-state index in [1.807, 2.05) is 6.07 Å². The Morgan fingerprint density at radius 2 is 1.92 bits per heavy atom. The lowest BCUT2D eigenvalue weighted by atomic mass is 10.2. The Morgan fingerprint density at radius 1 is 1.21 bits per heavy atom. The molecule has 0 aromatic heterocycles. The normalized spacial score (nSPS) is 9.71. The SMILES string of the molecule is COc1cccc(NC(=O)CN(C(C)=O)c2ccc(C#N)cc2)c1. The van der Waals surface area contributed by atoms with Gasteiger partial charge in [-0.1, -0.05) is 6.07 Å². The van der Waals surface area contributed by atoms with E-state index in [2.05, 4.69) is 5.32 Å². The first kappa shape index (κ1) is 17.0. The van der Waals surface area contributed by atoms with Gasteiger partial charge in [0, 0.05) is 24.4 Å². The van der Waals surface area contributed by atoms with Crippen molar-refractivity contribution in [3.8, 4) is 11.8 Å². The fourth-order valence-electron chi connectivity index (χ4n) is 2.15. The van der Waals surface area contributed by atoms with E-state index in [1.54, 1.807) is 55.6 Å². The zero-order valence-corrected chi connectivity index (χ0v) is 13.4. The predicted molar refractivity (Wildman–Crippen MR) is 90.8 cm³/mol. The first-order valence-electron chi connectivity index (χ1n) is 7.25. The lowest BCUT2D eigenvalue weighted by Gasteiger charge is -2.20.